The minimum Gasteiger partial charge on any atom is -0.486 e. The molecule has 1 atom stereocenters. The van der Waals surface area contributed by atoms with Crippen molar-refractivity contribution in [2.24, 2.45) is 0 Å². The largest absolute Gasteiger partial charge is 0.486 e. The molecule has 9 nitrogen and oxygen atoms in total. The number of hydrogen-bond acceptors (Lipinski definition) is 6. The Morgan fingerprint density at radius 1 is 1.00 bits per heavy atom. The van der Waals surface area contributed by atoms with Crippen LogP contribution in [0.3, 0.4) is 0 Å². The van der Waals surface area contributed by atoms with Crippen LogP contribution in [-0.4, -0.2) is 58.0 Å². The first-order chi connectivity index (χ1) is 19.6. The summed E-state index contributed by atoms with van der Waals surface area (Å²) < 4.78 is 53.7. The lowest BCUT2D eigenvalue weighted by atomic mass is 10.1. The lowest BCUT2D eigenvalue weighted by Crippen LogP contribution is -2.51. The Bertz CT molecular complexity index is 1520. The van der Waals surface area contributed by atoms with Crippen molar-refractivity contribution in [2.45, 2.75) is 30.8 Å². The molecule has 0 spiro atoms. The van der Waals surface area contributed by atoms with Crippen LogP contribution in [-0.2, 0) is 26.2 Å². The van der Waals surface area contributed by atoms with Gasteiger partial charge in [0.05, 0.1) is 10.6 Å². The fourth-order valence-electron chi connectivity index (χ4n) is 4.39. The number of nitrogens with one attached hydrogen (secondary N) is 1. The number of hydrogen-bond donors (Lipinski definition) is 1. The Balaban J connectivity index is 1.77. The third-order valence-corrected chi connectivity index (χ3v) is 9.00. The average Bonchev–Trinajstić information content (AvgIpc) is 2.97. The molecule has 41 heavy (non-hydrogen) atoms. The molecule has 4 rings (SSSR count). The summed E-state index contributed by atoms with van der Waals surface area (Å²) in [6.07, 6.45) is 0.221. The van der Waals surface area contributed by atoms with E-state index in [0.717, 1.165) is 16.4 Å². The molecule has 1 aliphatic heterocycles. The Labute approximate surface area is 247 Å². The third-order valence-electron chi connectivity index (χ3n) is 6.52. The van der Waals surface area contributed by atoms with Crippen LogP contribution < -0.4 is 19.1 Å². The van der Waals surface area contributed by atoms with Gasteiger partial charge in [0.25, 0.3) is 10.0 Å². The van der Waals surface area contributed by atoms with Crippen LogP contribution in [0.15, 0.2) is 65.6 Å². The molecule has 2 amide bonds. The van der Waals surface area contributed by atoms with Crippen LogP contribution in [0.25, 0.3) is 0 Å². The number of sulfonamides is 1. The van der Waals surface area contributed by atoms with Crippen LogP contribution in [0.4, 0.5) is 10.1 Å². The van der Waals surface area contributed by atoms with Crippen molar-refractivity contribution in [3.8, 4) is 11.5 Å². The summed E-state index contributed by atoms with van der Waals surface area (Å²) in [7, 11) is -2.96. The van der Waals surface area contributed by atoms with Crippen molar-refractivity contribution in [1.82, 2.24) is 10.2 Å². The zero-order valence-electron chi connectivity index (χ0n) is 22.3. The lowest BCUT2D eigenvalue weighted by Gasteiger charge is -2.33. The molecule has 3 aromatic carbocycles. The summed E-state index contributed by atoms with van der Waals surface area (Å²) in [5.41, 5.74) is 0.438. The minimum absolute atomic E-state index is 0.0401. The number of amides is 2. The molecule has 0 radical (unpaired) electrons. The van der Waals surface area contributed by atoms with E-state index < -0.39 is 40.2 Å². The third kappa shape index (κ3) is 6.69. The van der Waals surface area contributed by atoms with Crippen LogP contribution in [0.5, 0.6) is 11.5 Å². The SMILES string of the molecule is CC[C@H](C(=O)NC)N(Cc1c(Cl)cccc1Cl)C(=O)CN(c1ccc(F)cc1)S(=O)(=O)c1ccc2c(c1)OCCO2. The number of likely N-dealkylation sites (N-methyl/N-ethyl adjacent to an activating group) is 1. The van der Waals surface area contributed by atoms with Gasteiger partial charge in [0, 0.05) is 35.3 Å². The molecular formula is C28H28Cl2FN3O6S. The van der Waals surface area contributed by atoms with Crippen LogP contribution in [0.1, 0.15) is 18.9 Å². The number of anilines is 1. The maximum Gasteiger partial charge on any atom is 0.264 e. The van der Waals surface area contributed by atoms with E-state index in [0.29, 0.717) is 17.9 Å². The quantitative estimate of drug-likeness (QED) is 0.352. The summed E-state index contributed by atoms with van der Waals surface area (Å²) >= 11 is 12.8. The molecule has 0 aliphatic carbocycles. The Hall–Kier alpha value is -3.54. The van der Waals surface area contributed by atoms with E-state index in [2.05, 4.69) is 5.32 Å². The summed E-state index contributed by atoms with van der Waals surface area (Å²) in [5.74, 6) is -1.12. The van der Waals surface area contributed by atoms with E-state index in [-0.39, 0.29) is 46.0 Å². The smallest absolute Gasteiger partial charge is 0.264 e. The van der Waals surface area contributed by atoms with E-state index in [1.807, 2.05) is 0 Å². The molecule has 218 valence electrons. The molecular weight excluding hydrogens is 596 g/mol. The predicted octanol–water partition coefficient (Wildman–Crippen LogP) is 4.65. The van der Waals surface area contributed by atoms with E-state index in [1.165, 1.54) is 42.3 Å². The topological polar surface area (TPSA) is 105 Å². The Morgan fingerprint density at radius 3 is 2.24 bits per heavy atom. The Kier molecular flexibility index (Phi) is 9.62. The average molecular weight is 625 g/mol. The van der Waals surface area contributed by atoms with Gasteiger partial charge < -0.3 is 19.7 Å². The highest BCUT2D eigenvalue weighted by Gasteiger charge is 2.34. The normalized spacial score (nSPS) is 13.3. The highest BCUT2D eigenvalue weighted by Crippen LogP contribution is 2.35. The standard InChI is InChI=1S/C28H28Cl2FN3O6S/c1-3-24(28(36)32-2)33(16-21-22(29)5-4-6-23(21)30)27(35)17-34(19-9-7-18(31)8-10-19)41(37,38)20-11-12-25-26(15-20)40-14-13-39-25/h4-12,15,24H,3,13-14,16-17H2,1-2H3,(H,32,36)/t24-/m1/s1. The number of carbonyl (C=O) groups is 2. The number of carbonyl (C=O) groups excluding carboxylic acids is 2. The van der Waals surface area contributed by atoms with Gasteiger partial charge >= 0.3 is 0 Å². The summed E-state index contributed by atoms with van der Waals surface area (Å²) in [6, 6.07) is 12.7. The molecule has 0 bridgehead atoms. The lowest BCUT2D eigenvalue weighted by molar-refractivity contribution is -0.140. The maximum atomic E-state index is 14.0. The first kappa shape index (κ1) is 30.4. The van der Waals surface area contributed by atoms with Crippen molar-refractivity contribution < 1.29 is 31.9 Å². The first-order valence-electron chi connectivity index (χ1n) is 12.7. The second-order valence-electron chi connectivity index (χ2n) is 9.05. The maximum absolute atomic E-state index is 14.0. The highest BCUT2D eigenvalue weighted by atomic mass is 35.5. The van der Waals surface area contributed by atoms with Gasteiger partial charge in [0.2, 0.25) is 11.8 Å². The van der Waals surface area contributed by atoms with Crippen molar-refractivity contribution in [2.75, 3.05) is 31.1 Å². The number of halogens is 3. The number of benzene rings is 3. The highest BCUT2D eigenvalue weighted by molar-refractivity contribution is 7.92. The van der Waals surface area contributed by atoms with E-state index in [4.69, 9.17) is 32.7 Å². The summed E-state index contributed by atoms with van der Waals surface area (Å²) in [5, 5.41) is 3.10. The van der Waals surface area contributed by atoms with Crippen LogP contribution in [0.2, 0.25) is 10.0 Å². The van der Waals surface area contributed by atoms with Gasteiger partial charge in [-0.1, -0.05) is 36.2 Å². The minimum atomic E-state index is -4.40. The van der Waals surface area contributed by atoms with Crippen LogP contribution in [0, 0.1) is 5.82 Å². The second kappa shape index (κ2) is 13.0. The van der Waals surface area contributed by atoms with Gasteiger partial charge in [-0.3, -0.25) is 13.9 Å². The summed E-state index contributed by atoms with van der Waals surface area (Å²) in [6.45, 7) is 1.42. The van der Waals surface area contributed by atoms with Gasteiger partial charge in [-0.05, 0) is 55.0 Å². The molecule has 0 fully saturated rings. The molecule has 3 aromatic rings. The predicted molar refractivity (Wildman–Crippen MR) is 154 cm³/mol. The molecule has 0 saturated heterocycles. The molecule has 1 aliphatic rings. The second-order valence-corrected chi connectivity index (χ2v) is 11.7. The van der Waals surface area contributed by atoms with Crippen molar-refractivity contribution in [3.05, 3.63) is 82.1 Å². The number of rotatable bonds is 10. The Morgan fingerprint density at radius 2 is 1.63 bits per heavy atom. The zero-order chi connectivity index (χ0) is 29.7. The molecule has 1 N–H and O–H groups in total. The van der Waals surface area contributed by atoms with E-state index in [9.17, 15) is 22.4 Å². The first-order valence-corrected chi connectivity index (χ1v) is 14.9. The van der Waals surface area contributed by atoms with Gasteiger partial charge in [-0.15, -0.1) is 0 Å². The van der Waals surface area contributed by atoms with Crippen molar-refractivity contribution >= 4 is 50.7 Å². The number of fused-ring (bicyclic) bond motifs is 1. The monoisotopic (exact) mass is 623 g/mol. The van der Waals surface area contributed by atoms with E-state index >= 15 is 0 Å². The number of nitrogens with zero attached hydrogens (tertiary/aromatic N) is 2. The molecule has 13 heteroatoms. The molecule has 0 unspecified atom stereocenters. The molecule has 0 aromatic heterocycles. The fraction of sp³-hybridized carbons (Fsp3) is 0.286. The van der Waals surface area contributed by atoms with Gasteiger partial charge in [0.15, 0.2) is 11.5 Å². The van der Waals surface area contributed by atoms with Gasteiger partial charge in [0.1, 0.15) is 31.6 Å². The molecule has 0 saturated carbocycles. The summed E-state index contributed by atoms with van der Waals surface area (Å²) in [4.78, 5) is 27.9. The van der Waals surface area contributed by atoms with Crippen molar-refractivity contribution in [3.63, 3.8) is 0 Å². The van der Waals surface area contributed by atoms with Gasteiger partial charge in [-0.25, -0.2) is 12.8 Å². The van der Waals surface area contributed by atoms with Crippen LogP contribution >= 0.6 is 23.2 Å². The van der Waals surface area contributed by atoms with Gasteiger partial charge in [-0.2, -0.15) is 0 Å². The number of ether oxygens (including phenoxy) is 2. The fourth-order valence-corrected chi connectivity index (χ4v) is 6.33. The molecule has 1 heterocycles. The van der Waals surface area contributed by atoms with E-state index in [1.54, 1.807) is 25.1 Å². The van der Waals surface area contributed by atoms with Crippen molar-refractivity contribution in [1.29, 1.82) is 0 Å². The zero-order valence-corrected chi connectivity index (χ0v) is 24.6.